The number of hydrogen-bond donors (Lipinski definition) is 1. The average molecular weight is 209 g/mol. The topological polar surface area (TPSA) is 39.1 Å². The van der Waals surface area contributed by atoms with E-state index in [1.165, 1.54) is 0 Å². The molecule has 0 saturated carbocycles. The molecule has 0 spiro atoms. The zero-order valence-corrected chi connectivity index (χ0v) is 10.4. The fraction of sp³-hybridized carbons (Fsp3) is 0.917. The number of nitrogens with zero attached hydrogens (tertiary/aromatic N) is 2. The second kappa shape index (κ2) is 4.96. The standard InChI is InChI=1S/C12H23N3/c1-10-7-14-8-11(5-6-13)15(9-10)12(2,3)4/h10-11,14H,5,7-9H2,1-4H3. The van der Waals surface area contributed by atoms with Crippen LogP contribution < -0.4 is 5.32 Å². The highest BCUT2D eigenvalue weighted by atomic mass is 15.2. The smallest absolute Gasteiger partial charge is 0.0638 e. The third-order valence-electron chi connectivity index (χ3n) is 3.01. The van der Waals surface area contributed by atoms with Crippen molar-refractivity contribution in [1.29, 1.82) is 5.26 Å². The van der Waals surface area contributed by atoms with Crippen molar-refractivity contribution in [3.63, 3.8) is 0 Å². The first kappa shape index (κ1) is 12.5. The van der Waals surface area contributed by atoms with E-state index in [0.717, 1.165) is 19.6 Å². The van der Waals surface area contributed by atoms with Gasteiger partial charge in [0.1, 0.15) is 0 Å². The molecular formula is C12H23N3. The van der Waals surface area contributed by atoms with Crippen molar-refractivity contribution in [2.75, 3.05) is 19.6 Å². The van der Waals surface area contributed by atoms with Gasteiger partial charge in [-0.25, -0.2) is 0 Å². The average Bonchev–Trinajstić information content (AvgIpc) is 2.28. The maximum absolute atomic E-state index is 8.86. The fourth-order valence-corrected chi connectivity index (χ4v) is 2.27. The lowest BCUT2D eigenvalue weighted by Crippen LogP contribution is -2.50. The lowest BCUT2D eigenvalue weighted by atomic mass is 9.99. The first-order valence-corrected chi connectivity index (χ1v) is 5.79. The van der Waals surface area contributed by atoms with Gasteiger partial charge in [-0.15, -0.1) is 0 Å². The van der Waals surface area contributed by atoms with E-state index in [1.54, 1.807) is 0 Å². The van der Waals surface area contributed by atoms with Gasteiger partial charge in [0.15, 0.2) is 0 Å². The lowest BCUT2D eigenvalue weighted by Gasteiger charge is -2.40. The molecule has 0 amide bonds. The number of nitriles is 1. The van der Waals surface area contributed by atoms with E-state index in [9.17, 15) is 0 Å². The molecule has 0 bridgehead atoms. The van der Waals surface area contributed by atoms with E-state index in [1.807, 2.05) is 0 Å². The maximum atomic E-state index is 8.86. The first-order valence-electron chi connectivity index (χ1n) is 5.79. The molecule has 0 aromatic carbocycles. The molecule has 86 valence electrons. The van der Waals surface area contributed by atoms with Crippen LogP contribution in [0.1, 0.15) is 34.1 Å². The molecule has 2 atom stereocenters. The molecule has 1 rings (SSSR count). The van der Waals surface area contributed by atoms with Crippen LogP contribution in [0.3, 0.4) is 0 Å². The van der Waals surface area contributed by atoms with Crippen LogP contribution in [0, 0.1) is 17.2 Å². The van der Waals surface area contributed by atoms with Crippen molar-refractivity contribution >= 4 is 0 Å². The predicted molar refractivity (Wildman–Crippen MR) is 62.5 cm³/mol. The summed E-state index contributed by atoms with van der Waals surface area (Å²) in [5.74, 6) is 0.660. The van der Waals surface area contributed by atoms with Gasteiger partial charge in [-0.2, -0.15) is 5.26 Å². The predicted octanol–water partition coefficient (Wildman–Crippen LogP) is 1.61. The molecule has 0 aromatic rings. The highest BCUT2D eigenvalue weighted by molar-refractivity contribution is 4.92. The summed E-state index contributed by atoms with van der Waals surface area (Å²) in [6, 6.07) is 2.66. The Kier molecular flexibility index (Phi) is 4.12. The van der Waals surface area contributed by atoms with E-state index in [4.69, 9.17) is 5.26 Å². The van der Waals surface area contributed by atoms with E-state index in [2.05, 4.69) is 44.0 Å². The molecule has 0 radical (unpaired) electrons. The van der Waals surface area contributed by atoms with E-state index in [-0.39, 0.29) is 5.54 Å². The Balaban J connectivity index is 2.78. The van der Waals surface area contributed by atoms with Gasteiger partial charge in [0.25, 0.3) is 0 Å². The summed E-state index contributed by atoms with van der Waals surface area (Å²) < 4.78 is 0. The van der Waals surface area contributed by atoms with E-state index < -0.39 is 0 Å². The van der Waals surface area contributed by atoms with Gasteiger partial charge in [0.05, 0.1) is 12.5 Å². The van der Waals surface area contributed by atoms with Gasteiger partial charge in [-0.05, 0) is 33.2 Å². The first-order chi connectivity index (χ1) is 6.95. The number of hydrogen-bond acceptors (Lipinski definition) is 3. The van der Waals surface area contributed by atoms with Gasteiger partial charge in [-0.1, -0.05) is 6.92 Å². The SMILES string of the molecule is CC1CNCC(CC#N)N(C(C)(C)C)C1. The molecule has 0 aliphatic carbocycles. The van der Waals surface area contributed by atoms with Crippen molar-refractivity contribution in [3.05, 3.63) is 0 Å². The molecule has 3 heteroatoms. The molecule has 1 saturated heterocycles. The summed E-state index contributed by atoms with van der Waals surface area (Å²) in [7, 11) is 0. The van der Waals surface area contributed by atoms with Crippen LogP contribution in [0.4, 0.5) is 0 Å². The van der Waals surface area contributed by atoms with Crippen LogP contribution in [0.5, 0.6) is 0 Å². The molecule has 15 heavy (non-hydrogen) atoms. The van der Waals surface area contributed by atoms with Crippen molar-refractivity contribution in [3.8, 4) is 6.07 Å². The monoisotopic (exact) mass is 209 g/mol. The zero-order chi connectivity index (χ0) is 11.5. The second-order valence-corrected chi connectivity index (χ2v) is 5.60. The molecule has 1 N–H and O–H groups in total. The largest absolute Gasteiger partial charge is 0.315 e. The highest BCUT2D eigenvalue weighted by Crippen LogP contribution is 2.22. The Morgan fingerprint density at radius 3 is 2.60 bits per heavy atom. The summed E-state index contributed by atoms with van der Waals surface area (Å²) >= 11 is 0. The Labute approximate surface area is 93.5 Å². The molecule has 2 unspecified atom stereocenters. The van der Waals surface area contributed by atoms with Crippen LogP contribution in [-0.4, -0.2) is 36.1 Å². The fourth-order valence-electron chi connectivity index (χ4n) is 2.27. The van der Waals surface area contributed by atoms with Crippen molar-refractivity contribution < 1.29 is 0 Å². The Morgan fingerprint density at radius 2 is 2.07 bits per heavy atom. The Morgan fingerprint density at radius 1 is 1.40 bits per heavy atom. The van der Waals surface area contributed by atoms with Gasteiger partial charge < -0.3 is 5.32 Å². The highest BCUT2D eigenvalue weighted by Gasteiger charge is 2.31. The van der Waals surface area contributed by atoms with Crippen LogP contribution in [0.15, 0.2) is 0 Å². The third-order valence-corrected chi connectivity index (χ3v) is 3.01. The van der Waals surface area contributed by atoms with Gasteiger partial charge in [0.2, 0.25) is 0 Å². The molecule has 1 aliphatic heterocycles. The minimum Gasteiger partial charge on any atom is -0.315 e. The van der Waals surface area contributed by atoms with E-state index >= 15 is 0 Å². The lowest BCUT2D eigenvalue weighted by molar-refractivity contribution is 0.0816. The zero-order valence-electron chi connectivity index (χ0n) is 10.4. The molecular weight excluding hydrogens is 186 g/mol. The Hall–Kier alpha value is -0.590. The van der Waals surface area contributed by atoms with Crippen molar-refractivity contribution in [2.45, 2.75) is 45.7 Å². The summed E-state index contributed by atoms with van der Waals surface area (Å²) in [5, 5.41) is 12.3. The number of nitrogens with one attached hydrogen (secondary N) is 1. The molecule has 1 fully saturated rings. The normalized spacial score (nSPS) is 29.5. The summed E-state index contributed by atoms with van der Waals surface area (Å²) in [4.78, 5) is 2.47. The quantitative estimate of drug-likeness (QED) is 0.713. The molecule has 0 aromatic heterocycles. The van der Waals surface area contributed by atoms with Gasteiger partial charge >= 0.3 is 0 Å². The Bertz CT molecular complexity index is 236. The molecule has 1 aliphatic rings. The summed E-state index contributed by atoms with van der Waals surface area (Å²) in [5.41, 5.74) is 0.155. The van der Waals surface area contributed by atoms with Crippen LogP contribution in [0.2, 0.25) is 0 Å². The maximum Gasteiger partial charge on any atom is 0.0638 e. The third kappa shape index (κ3) is 3.48. The van der Waals surface area contributed by atoms with Gasteiger partial charge in [0, 0.05) is 24.7 Å². The van der Waals surface area contributed by atoms with Crippen molar-refractivity contribution in [1.82, 2.24) is 10.2 Å². The van der Waals surface area contributed by atoms with Crippen LogP contribution in [0.25, 0.3) is 0 Å². The van der Waals surface area contributed by atoms with Crippen molar-refractivity contribution in [2.24, 2.45) is 5.92 Å². The van der Waals surface area contributed by atoms with Crippen LogP contribution in [-0.2, 0) is 0 Å². The summed E-state index contributed by atoms with van der Waals surface area (Å²) in [6.45, 7) is 12.0. The molecule has 1 heterocycles. The second-order valence-electron chi connectivity index (χ2n) is 5.60. The van der Waals surface area contributed by atoms with Gasteiger partial charge in [-0.3, -0.25) is 4.90 Å². The minimum absolute atomic E-state index is 0.155. The molecule has 3 nitrogen and oxygen atoms in total. The number of rotatable bonds is 1. The van der Waals surface area contributed by atoms with E-state index in [0.29, 0.717) is 18.4 Å². The van der Waals surface area contributed by atoms with Crippen LogP contribution >= 0.6 is 0 Å². The minimum atomic E-state index is 0.155. The summed E-state index contributed by atoms with van der Waals surface area (Å²) in [6.07, 6.45) is 0.622.